The van der Waals surface area contributed by atoms with E-state index in [1.807, 2.05) is 61.6 Å². The average molecular weight is 345 g/mol. The van der Waals surface area contributed by atoms with Crippen molar-refractivity contribution >= 4 is 11.6 Å². The van der Waals surface area contributed by atoms with E-state index in [4.69, 9.17) is 0 Å². The molecule has 1 atom stereocenters. The van der Waals surface area contributed by atoms with E-state index in [9.17, 15) is 4.79 Å². The van der Waals surface area contributed by atoms with Crippen molar-refractivity contribution in [3.8, 4) is 0 Å². The van der Waals surface area contributed by atoms with E-state index in [0.29, 0.717) is 6.54 Å². The topological polar surface area (TPSA) is 33.5 Å². The van der Waals surface area contributed by atoms with E-state index in [2.05, 4.69) is 35.6 Å². The molecular formula is C23H25N2O+. The second-order valence-electron chi connectivity index (χ2n) is 6.66. The minimum absolute atomic E-state index is 0.0407. The number of likely N-dealkylation sites (N-methyl/N-ethyl adjacent to an activating group) is 1. The highest BCUT2D eigenvalue weighted by Gasteiger charge is 2.12. The lowest BCUT2D eigenvalue weighted by atomic mass is 10.0. The number of para-hydroxylation sites is 1. The van der Waals surface area contributed by atoms with Gasteiger partial charge in [0, 0.05) is 11.3 Å². The summed E-state index contributed by atoms with van der Waals surface area (Å²) in [5.74, 6) is 0.0407. The molecule has 0 saturated heterocycles. The van der Waals surface area contributed by atoms with Gasteiger partial charge in [-0.3, -0.25) is 4.79 Å². The van der Waals surface area contributed by atoms with E-state index < -0.39 is 0 Å². The maximum atomic E-state index is 12.5. The van der Waals surface area contributed by atoms with Crippen LogP contribution in [0.5, 0.6) is 0 Å². The highest BCUT2D eigenvalue weighted by atomic mass is 16.2. The molecule has 3 heteroatoms. The third-order valence-corrected chi connectivity index (χ3v) is 4.34. The van der Waals surface area contributed by atoms with E-state index in [1.165, 1.54) is 11.1 Å². The van der Waals surface area contributed by atoms with Gasteiger partial charge in [-0.15, -0.1) is 0 Å². The zero-order chi connectivity index (χ0) is 18.2. The zero-order valence-electron chi connectivity index (χ0n) is 15.1. The van der Waals surface area contributed by atoms with Crippen LogP contribution in [0.3, 0.4) is 0 Å². The summed E-state index contributed by atoms with van der Waals surface area (Å²) in [4.78, 5) is 13.6. The van der Waals surface area contributed by atoms with Crippen molar-refractivity contribution in [2.45, 2.75) is 13.0 Å². The number of nitrogens with one attached hydrogen (secondary N) is 2. The molecule has 1 unspecified atom stereocenters. The van der Waals surface area contributed by atoms with Crippen LogP contribution >= 0.6 is 0 Å². The lowest BCUT2D eigenvalue weighted by Crippen LogP contribution is -3.08. The predicted molar refractivity (Wildman–Crippen MR) is 106 cm³/mol. The van der Waals surface area contributed by atoms with Gasteiger partial charge in [0.1, 0.15) is 6.54 Å². The molecule has 0 radical (unpaired) electrons. The maximum absolute atomic E-state index is 12.5. The Kier molecular flexibility index (Phi) is 6.18. The molecule has 0 aliphatic rings. The Morgan fingerprint density at radius 1 is 0.808 bits per heavy atom. The minimum Gasteiger partial charge on any atom is -0.326 e. The second-order valence-corrected chi connectivity index (χ2v) is 6.66. The van der Waals surface area contributed by atoms with Crippen LogP contribution in [0.4, 0.5) is 5.69 Å². The van der Waals surface area contributed by atoms with Gasteiger partial charge in [0.05, 0.1) is 7.05 Å². The van der Waals surface area contributed by atoms with Crippen LogP contribution in [-0.4, -0.2) is 19.5 Å². The van der Waals surface area contributed by atoms with Gasteiger partial charge in [0.15, 0.2) is 6.54 Å². The van der Waals surface area contributed by atoms with Crippen LogP contribution in [0, 0.1) is 0 Å². The summed E-state index contributed by atoms with van der Waals surface area (Å²) in [5.41, 5.74) is 4.50. The third-order valence-electron chi connectivity index (χ3n) is 4.34. The van der Waals surface area contributed by atoms with Gasteiger partial charge in [-0.2, -0.15) is 0 Å². The molecule has 0 aromatic heterocycles. The number of amides is 1. The molecule has 0 saturated carbocycles. The molecule has 0 bridgehead atoms. The molecule has 0 spiro atoms. The smallest absolute Gasteiger partial charge is 0.279 e. The van der Waals surface area contributed by atoms with Crippen LogP contribution in [0.1, 0.15) is 16.7 Å². The SMILES string of the molecule is C[NH+](CC(=O)Nc1ccccc1Cc1ccccc1)Cc1ccccc1. The summed E-state index contributed by atoms with van der Waals surface area (Å²) in [7, 11) is 2.04. The van der Waals surface area contributed by atoms with E-state index in [1.54, 1.807) is 0 Å². The van der Waals surface area contributed by atoms with Crippen molar-refractivity contribution < 1.29 is 9.69 Å². The van der Waals surface area contributed by atoms with Gasteiger partial charge in [-0.05, 0) is 23.6 Å². The van der Waals surface area contributed by atoms with Crippen LogP contribution in [0.15, 0.2) is 84.9 Å². The van der Waals surface area contributed by atoms with Crippen molar-refractivity contribution in [1.29, 1.82) is 0 Å². The number of hydrogen-bond acceptors (Lipinski definition) is 1. The molecule has 3 rings (SSSR count). The highest BCUT2D eigenvalue weighted by molar-refractivity contribution is 5.92. The molecule has 0 aliphatic heterocycles. The zero-order valence-corrected chi connectivity index (χ0v) is 15.1. The number of benzene rings is 3. The number of quaternary nitrogens is 1. The van der Waals surface area contributed by atoms with Crippen molar-refractivity contribution in [1.82, 2.24) is 0 Å². The van der Waals surface area contributed by atoms with Gasteiger partial charge in [-0.25, -0.2) is 0 Å². The fraction of sp³-hybridized carbons (Fsp3) is 0.174. The van der Waals surface area contributed by atoms with Crippen LogP contribution < -0.4 is 10.2 Å². The lowest BCUT2D eigenvalue weighted by Gasteiger charge is -2.15. The van der Waals surface area contributed by atoms with Crippen molar-refractivity contribution in [3.05, 3.63) is 102 Å². The molecule has 0 heterocycles. The fourth-order valence-electron chi connectivity index (χ4n) is 3.09. The molecule has 1 amide bonds. The largest absolute Gasteiger partial charge is 0.326 e. The Morgan fingerprint density at radius 3 is 2.08 bits per heavy atom. The number of anilines is 1. The van der Waals surface area contributed by atoms with Gasteiger partial charge < -0.3 is 10.2 Å². The number of carbonyl (C=O) groups excluding carboxylic acids is 1. The van der Waals surface area contributed by atoms with Crippen LogP contribution in [0.2, 0.25) is 0 Å². The molecule has 0 aliphatic carbocycles. The normalized spacial score (nSPS) is 11.7. The molecule has 0 fully saturated rings. The van der Waals surface area contributed by atoms with E-state index >= 15 is 0 Å². The lowest BCUT2D eigenvalue weighted by molar-refractivity contribution is -0.885. The Hall–Kier alpha value is -2.91. The predicted octanol–water partition coefficient (Wildman–Crippen LogP) is 2.93. The quantitative estimate of drug-likeness (QED) is 0.678. The first kappa shape index (κ1) is 17.9. The summed E-state index contributed by atoms with van der Waals surface area (Å²) in [6.07, 6.45) is 0.810. The highest BCUT2D eigenvalue weighted by Crippen LogP contribution is 2.18. The standard InChI is InChI=1S/C23H24N2O/c1-25(17-20-12-6-3-7-13-20)18-23(26)24-22-15-9-8-14-21(22)16-19-10-4-2-5-11-19/h2-15H,16-18H2,1H3,(H,24,26)/p+1. The molecule has 3 nitrogen and oxygen atoms in total. The van der Waals surface area contributed by atoms with Gasteiger partial charge in [0.25, 0.3) is 5.91 Å². The second kappa shape index (κ2) is 8.97. The molecule has 2 N–H and O–H groups in total. The molecule has 132 valence electrons. The summed E-state index contributed by atoms with van der Waals surface area (Å²) in [6.45, 7) is 1.27. The first-order valence-electron chi connectivity index (χ1n) is 8.97. The summed E-state index contributed by atoms with van der Waals surface area (Å²) in [5, 5.41) is 3.09. The van der Waals surface area contributed by atoms with Crippen molar-refractivity contribution in [3.63, 3.8) is 0 Å². The van der Waals surface area contributed by atoms with Gasteiger partial charge >= 0.3 is 0 Å². The average Bonchev–Trinajstić information content (AvgIpc) is 2.65. The number of rotatable bonds is 7. The molecule has 3 aromatic carbocycles. The molecular weight excluding hydrogens is 320 g/mol. The Bertz CT molecular complexity index is 831. The van der Waals surface area contributed by atoms with E-state index in [-0.39, 0.29) is 5.91 Å². The fourth-order valence-corrected chi connectivity index (χ4v) is 3.09. The monoisotopic (exact) mass is 345 g/mol. The van der Waals surface area contributed by atoms with Gasteiger partial charge in [-0.1, -0.05) is 78.9 Å². The summed E-state index contributed by atoms with van der Waals surface area (Å²) in [6, 6.07) is 28.6. The summed E-state index contributed by atoms with van der Waals surface area (Å²) >= 11 is 0. The van der Waals surface area contributed by atoms with Crippen LogP contribution in [0.25, 0.3) is 0 Å². The molecule has 3 aromatic rings. The first-order valence-corrected chi connectivity index (χ1v) is 8.97. The number of carbonyl (C=O) groups is 1. The third kappa shape index (κ3) is 5.30. The van der Waals surface area contributed by atoms with E-state index in [0.717, 1.165) is 29.1 Å². The molecule has 26 heavy (non-hydrogen) atoms. The van der Waals surface area contributed by atoms with Crippen molar-refractivity contribution in [2.75, 3.05) is 18.9 Å². The van der Waals surface area contributed by atoms with Crippen LogP contribution in [-0.2, 0) is 17.8 Å². The Balaban J connectivity index is 1.60. The maximum Gasteiger partial charge on any atom is 0.279 e. The Labute approximate surface area is 155 Å². The van der Waals surface area contributed by atoms with Gasteiger partial charge in [0.2, 0.25) is 0 Å². The number of hydrogen-bond donors (Lipinski definition) is 2. The first-order chi connectivity index (χ1) is 12.7. The summed E-state index contributed by atoms with van der Waals surface area (Å²) < 4.78 is 0. The van der Waals surface area contributed by atoms with Crippen molar-refractivity contribution in [2.24, 2.45) is 0 Å². The Morgan fingerprint density at radius 2 is 1.38 bits per heavy atom. The minimum atomic E-state index is 0.0407.